The molecule has 30 heavy (non-hydrogen) atoms. The Balaban J connectivity index is 2.24. The van der Waals surface area contributed by atoms with Crippen LogP contribution in [0.25, 0.3) is 6.08 Å². The van der Waals surface area contributed by atoms with E-state index in [-0.39, 0.29) is 18.3 Å². The number of nitrogens with zero attached hydrogens (tertiary/aromatic N) is 1. The van der Waals surface area contributed by atoms with E-state index in [0.29, 0.717) is 38.6 Å². The van der Waals surface area contributed by atoms with Gasteiger partial charge in [-0.1, -0.05) is 6.08 Å². The average Bonchev–Trinajstić information content (AvgIpc) is 2.75. The molecule has 0 unspecified atom stereocenters. The monoisotopic (exact) mass is 477 g/mol. The fourth-order valence-electron chi connectivity index (χ4n) is 2.50. The first-order valence-corrected chi connectivity index (χ1v) is 9.75. The fourth-order valence-corrected chi connectivity index (χ4v) is 3.08. The summed E-state index contributed by atoms with van der Waals surface area (Å²) in [5, 5.41) is 0. The summed E-state index contributed by atoms with van der Waals surface area (Å²) in [5.41, 5.74) is 1.13. The van der Waals surface area contributed by atoms with Gasteiger partial charge in [-0.15, -0.1) is 0 Å². The summed E-state index contributed by atoms with van der Waals surface area (Å²) in [6, 6.07) is 8.49. The molecule has 0 N–H and O–H groups in total. The van der Waals surface area contributed by atoms with Crippen molar-refractivity contribution in [2.75, 3.05) is 42.0 Å². The van der Waals surface area contributed by atoms with E-state index >= 15 is 0 Å². The third kappa shape index (κ3) is 5.76. The number of methoxy groups -OCH3 is 3. The summed E-state index contributed by atoms with van der Waals surface area (Å²) in [6.45, 7) is -0.118. The van der Waals surface area contributed by atoms with Crippen molar-refractivity contribution >= 4 is 33.7 Å². The molecule has 0 fully saturated rings. The number of amides is 1. The molecule has 0 aliphatic rings. The van der Waals surface area contributed by atoms with Gasteiger partial charge in [0.2, 0.25) is 0 Å². The highest BCUT2D eigenvalue weighted by atomic mass is 79.9. The molecule has 0 aromatic heterocycles. The summed E-state index contributed by atoms with van der Waals surface area (Å²) >= 11 is 3.43. The van der Waals surface area contributed by atoms with E-state index in [4.69, 9.17) is 18.9 Å². The molecule has 2 aromatic rings. The van der Waals surface area contributed by atoms with Crippen LogP contribution in [0.1, 0.15) is 15.9 Å². The van der Waals surface area contributed by atoms with Crippen molar-refractivity contribution in [3.8, 4) is 23.0 Å². The van der Waals surface area contributed by atoms with Crippen molar-refractivity contribution in [2.45, 2.75) is 0 Å². The molecule has 160 valence electrons. The zero-order chi connectivity index (χ0) is 22.3. The van der Waals surface area contributed by atoms with Gasteiger partial charge in [0.15, 0.2) is 23.9 Å². The maximum Gasteiger partial charge on any atom is 0.259 e. The van der Waals surface area contributed by atoms with E-state index in [0.717, 1.165) is 0 Å². The third-order valence-corrected chi connectivity index (χ3v) is 4.78. The van der Waals surface area contributed by atoms with Crippen molar-refractivity contribution in [1.29, 1.82) is 0 Å². The summed E-state index contributed by atoms with van der Waals surface area (Å²) in [6.07, 6.45) is 3.11. The number of benzene rings is 2. The number of hydrogen-bond acceptors (Lipinski definition) is 6. The highest BCUT2D eigenvalue weighted by molar-refractivity contribution is 9.10. The smallest absolute Gasteiger partial charge is 0.259 e. The Morgan fingerprint density at radius 2 is 1.70 bits per heavy atom. The maximum atomic E-state index is 12.6. The van der Waals surface area contributed by atoms with Crippen molar-refractivity contribution in [1.82, 2.24) is 4.90 Å². The van der Waals surface area contributed by atoms with Crippen LogP contribution in [0.4, 0.5) is 0 Å². The van der Waals surface area contributed by atoms with Crippen molar-refractivity contribution in [2.24, 2.45) is 0 Å². The number of hydrogen-bond donors (Lipinski definition) is 0. The molecule has 0 heterocycles. The van der Waals surface area contributed by atoms with Gasteiger partial charge in [-0.05, 0) is 51.8 Å². The van der Waals surface area contributed by atoms with Crippen LogP contribution in [-0.4, -0.2) is 58.6 Å². The number of halogens is 1. The summed E-state index contributed by atoms with van der Waals surface area (Å²) in [7, 11) is 7.85. The predicted octanol–water partition coefficient (Wildman–Crippen LogP) is 3.84. The number of allylic oxidation sites excluding steroid dienone is 1. The van der Waals surface area contributed by atoms with Gasteiger partial charge < -0.3 is 23.8 Å². The minimum atomic E-state index is -0.221. The van der Waals surface area contributed by atoms with E-state index in [2.05, 4.69) is 15.9 Å². The highest BCUT2D eigenvalue weighted by Gasteiger charge is 2.15. The minimum Gasteiger partial charge on any atom is -0.497 e. The lowest BCUT2D eigenvalue weighted by atomic mass is 10.1. The van der Waals surface area contributed by atoms with E-state index in [1.807, 2.05) is 0 Å². The van der Waals surface area contributed by atoms with Gasteiger partial charge >= 0.3 is 0 Å². The average molecular weight is 478 g/mol. The van der Waals surface area contributed by atoms with E-state index in [1.54, 1.807) is 57.6 Å². The lowest BCUT2D eigenvalue weighted by Crippen LogP contribution is -2.27. The Bertz CT molecular complexity index is 955. The quantitative estimate of drug-likeness (QED) is 0.403. The van der Waals surface area contributed by atoms with Gasteiger partial charge in [-0.25, -0.2) is 0 Å². The zero-order valence-electron chi connectivity index (χ0n) is 17.5. The standard InChI is InChI=1S/C22H24BrNO6/c1-24(2)21(26)13-30-22-17(23)10-14(11-20(22)29-5)6-9-18(25)16-8-7-15(27-3)12-19(16)28-4/h6-12H,13H2,1-5H3/b9-6+. The summed E-state index contributed by atoms with van der Waals surface area (Å²) < 4.78 is 22.0. The first-order chi connectivity index (χ1) is 14.3. The molecular formula is C22H24BrNO6. The Labute approximate surface area is 184 Å². The molecule has 0 radical (unpaired) electrons. The number of carbonyl (C=O) groups is 2. The van der Waals surface area contributed by atoms with Gasteiger partial charge in [0.05, 0.1) is 31.4 Å². The number of likely N-dealkylation sites (N-methyl/N-ethyl adjacent to an activating group) is 1. The zero-order valence-corrected chi connectivity index (χ0v) is 19.1. The van der Waals surface area contributed by atoms with Crippen LogP contribution in [0.15, 0.2) is 40.9 Å². The highest BCUT2D eigenvalue weighted by Crippen LogP contribution is 2.37. The Kier molecular flexibility index (Phi) is 8.29. The van der Waals surface area contributed by atoms with Crippen LogP contribution < -0.4 is 18.9 Å². The molecule has 0 aliphatic heterocycles. The molecule has 2 rings (SSSR count). The second-order valence-electron chi connectivity index (χ2n) is 6.37. The van der Waals surface area contributed by atoms with E-state index < -0.39 is 0 Å². The first-order valence-electron chi connectivity index (χ1n) is 8.95. The van der Waals surface area contributed by atoms with Crippen molar-refractivity contribution in [3.05, 3.63) is 52.0 Å². The van der Waals surface area contributed by atoms with Crippen molar-refractivity contribution < 1.29 is 28.5 Å². The second-order valence-corrected chi connectivity index (χ2v) is 7.23. The molecular weight excluding hydrogens is 454 g/mol. The predicted molar refractivity (Wildman–Crippen MR) is 118 cm³/mol. The van der Waals surface area contributed by atoms with Crippen LogP contribution in [0.2, 0.25) is 0 Å². The summed E-state index contributed by atoms with van der Waals surface area (Å²) in [4.78, 5) is 25.8. The molecule has 0 saturated carbocycles. The Hall–Kier alpha value is -3.00. The van der Waals surface area contributed by atoms with Crippen LogP contribution >= 0.6 is 15.9 Å². The normalized spacial score (nSPS) is 10.6. The molecule has 0 atom stereocenters. The number of rotatable bonds is 9. The molecule has 0 aliphatic carbocycles. The van der Waals surface area contributed by atoms with Crippen molar-refractivity contribution in [3.63, 3.8) is 0 Å². The lowest BCUT2D eigenvalue weighted by Gasteiger charge is -2.15. The SMILES string of the molecule is COc1ccc(C(=O)/C=C/c2cc(Br)c(OCC(=O)N(C)C)c(OC)c2)c(OC)c1. The molecule has 0 bridgehead atoms. The van der Waals surface area contributed by atoms with Gasteiger partial charge in [0.1, 0.15) is 11.5 Å². The molecule has 0 spiro atoms. The molecule has 0 saturated heterocycles. The van der Waals surface area contributed by atoms with Crippen LogP contribution in [0.3, 0.4) is 0 Å². The van der Waals surface area contributed by atoms with E-state index in [9.17, 15) is 9.59 Å². The molecule has 2 aromatic carbocycles. The minimum absolute atomic E-state index is 0.118. The van der Waals surface area contributed by atoms with Gasteiger partial charge in [0.25, 0.3) is 5.91 Å². The molecule has 1 amide bonds. The topological polar surface area (TPSA) is 74.3 Å². The van der Waals surface area contributed by atoms with Crippen LogP contribution in [0, 0.1) is 0 Å². The van der Waals surface area contributed by atoms with Crippen LogP contribution in [0.5, 0.6) is 23.0 Å². The third-order valence-electron chi connectivity index (χ3n) is 4.19. The maximum absolute atomic E-state index is 12.6. The molecule has 7 nitrogen and oxygen atoms in total. The van der Waals surface area contributed by atoms with Gasteiger partial charge in [-0.2, -0.15) is 0 Å². The van der Waals surface area contributed by atoms with Crippen LogP contribution in [-0.2, 0) is 4.79 Å². The Morgan fingerprint density at radius 1 is 1.00 bits per heavy atom. The number of ketones is 1. The number of ether oxygens (including phenoxy) is 4. The fraction of sp³-hybridized carbons (Fsp3) is 0.273. The molecule has 8 heteroatoms. The summed E-state index contributed by atoms with van der Waals surface area (Å²) in [5.74, 6) is 1.48. The second kappa shape index (κ2) is 10.7. The van der Waals surface area contributed by atoms with Gasteiger partial charge in [-0.3, -0.25) is 9.59 Å². The van der Waals surface area contributed by atoms with Gasteiger partial charge in [0, 0.05) is 20.2 Å². The number of carbonyl (C=O) groups excluding carboxylic acids is 2. The first kappa shape index (κ1) is 23.3. The largest absolute Gasteiger partial charge is 0.497 e. The lowest BCUT2D eigenvalue weighted by molar-refractivity contribution is -0.130. The Morgan fingerprint density at radius 3 is 2.30 bits per heavy atom. The van der Waals surface area contributed by atoms with E-state index in [1.165, 1.54) is 25.2 Å².